The van der Waals surface area contributed by atoms with Crippen molar-refractivity contribution in [2.75, 3.05) is 13.6 Å². The molecule has 0 aliphatic heterocycles. The highest BCUT2D eigenvalue weighted by Crippen LogP contribution is 2.10. The maximum absolute atomic E-state index is 5.75. The lowest BCUT2D eigenvalue weighted by atomic mass is 10.0. The average molecular weight is 195 g/mol. The minimum atomic E-state index is 0.457. The number of rotatable bonds is 5. The molecule has 0 saturated heterocycles. The van der Waals surface area contributed by atoms with E-state index in [0.717, 1.165) is 13.1 Å². The van der Waals surface area contributed by atoms with E-state index in [-0.39, 0.29) is 0 Å². The fraction of sp³-hybridized carbons (Fsp3) is 0.636. The Bertz CT molecular complexity index is 241. The van der Waals surface area contributed by atoms with E-state index in [9.17, 15) is 0 Å². The zero-order valence-electron chi connectivity index (χ0n) is 9.33. The first kappa shape index (κ1) is 11.3. The predicted octanol–water partition coefficient (Wildman–Crippen LogP) is 1.43. The first-order valence-corrected chi connectivity index (χ1v) is 5.17. The summed E-state index contributed by atoms with van der Waals surface area (Å²) < 4.78 is 0. The number of hydrogen-bond donors (Lipinski definition) is 2. The molecular weight excluding hydrogens is 174 g/mol. The van der Waals surface area contributed by atoms with Crippen LogP contribution >= 0.6 is 0 Å². The smallest absolute Gasteiger partial charge is 0.0385 e. The summed E-state index contributed by atoms with van der Waals surface area (Å²) in [6.07, 6.45) is 1.95. The molecule has 1 heterocycles. The number of aromatic nitrogens is 1. The van der Waals surface area contributed by atoms with Gasteiger partial charge in [0.15, 0.2) is 0 Å². The predicted molar refractivity (Wildman–Crippen MR) is 59.9 cm³/mol. The van der Waals surface area contributed by atoms with Gasteiger partial charge in [0.1, 0.15) is 0 Å². The Kier molecular flexibility index (Phi) is 4.17. The fourth-order valence-electron chi connectivity index (χ4n) is 1.81. The largest absolute Gasteiger partial charge is 0.364 e. The standard InChI is InChI=1S/C11H21N3/c1-9(2)11(7-12)14(3)8-10-5-4-6-13-10/h4-6,9,11,13H,7-8,12H2,1-3H3. The van der Waals surface area contributed by atoms with E-state index in [0.29, 0.717) is 12.0 Å². The minimum Gasteiger partial charge on any atom is -0.364 e. The molecule has 0 amide bonds. The summed E-state index contributed by atoms with van der Waals surface area (Å²) in [5, 5.41) is 0. The van der Waals surface area contributed by atoms with E-state index in [1.165, 1.54) is 5.69 Å². The fourth-order valence-corrected chi connectivity index (χ4v) is 1.81. The lowest BCUT2D eigenvalue weighted by Gasteiger charge is -2.29. The highest BCUT2D eigenvalue weighted by molar-refractivity contribution is 5.03. The number of nitrogens with one attached hydrogen (secondary N) is 1. The second kappa shape index (κ2) is 5.17. The van der Waals surface area contributed by atoms with Crippen molar-refractivity contribution in [3.63, 3.8) is 0 Å². The van der Waals surface area contributed by atoms with Crippen LogP contribution in [0.1, 0.15) is 19.5 Å². The average Bonchev–Trinajstić information content (AvgIpc) is 2.57. The zero-order valence-corrected chi connectivity index (χ0v) is 9.33. The van der Waals surface area contributed by atoms with E-state index in [1.807, 2.05) is 12.3 Å². The molecule has 1 atom stereocenters. The number of nitrogens with two attached hydrogens (primary N) is 1. The molecule has 1 aromatic heterocycles. The van der Waals surface area contributed by atoms with Crippen molar-refractivity contribution >= 4 is 0 Å². The van der Waals surface area contributed by atoms with Crippen LogP contribution < -0.4 is 5.73 Å². The van der Waals surface area contributed by atoms with E-state index in [4.69, 9.17) is 5.73 Å². The molecule has 14 heavy (non-hydrogen) atoms. The monoisotopic (exact) mass is 195 g/mol. The molecule has 0 aliphatic carbocycles. The van der Waals surface area contributed by atoms with Gasteiger partial charge in [-0.2, -0.15) is 0 Å². The summed E-state index contributed by atoms with van der Waals surface area (Å²) in [4.78, 5) is 5.51. The highest BCUT2D eigenvalue weighted by atomic mass is 15.1. The molecular formula is C11H21N3. The van der Waals surface area contributed by atoms with Gasteiger partial charge in [0, 0.05) is 31.0 Å². The lowest BCUT2D eigenvalue weighted by Crippen LogP contribution is -2.41. The molecule has 0 fully saturated rings. The van der Waals surface area contributed by atoms with Crippen LogP contribution in [-0.4, -0.2) is 29.5 Å². The molecule has 1 unspecified atom stereocenters. The van der Waals surface area contributed by atoms with Gasteiger partial charge in [-0.3, -0.25) is 4.90 Å². The van der Waals surface area contributed by atoms with Gasteiger partial charge in [0.2, 0.25) is 0 Å². The second-order valence-corrected chi connectivity index (χ2v) is 4.16. The van der Waals surface area contributed by atoms with Gasteiger partial charge < -0.3 is 10.7 Å². The van der Waals surface area contributed by atoms with Crippen molar-refractivity contribution in [1.29, 1.82) is 0 Å². The van der Waals surface area contributed by atoms with E-state index in [2.05, 4.69) is 36.8 Å². The van der Waals surface area contributed by atoms with Gasteiger partial charge >= 0.3 is 0 Å². The Morgan fingerprint density at radius 2 is 2.21 bits per heavy atom. The summed E-state index contributed by atoms with van der Waals surface area (Å²) >= 11 is 0. The topological polar surface area (TPSA) is 45.0 Å². The number of H-pyrrole nitrogens is 1. The molecule has 3 nitrogen and oxygen atoms in total. The number of likely N-dealkylation sites (N-methyl/N-ethyl adjacent to an activating group) is 1. The number of nitrogens with zero attached hydrogens (tertiary/aromatic N) is 1. The first-order valence-electron chi connectivity index (χ1n) is 5.17. The molecule has 3 heteroatoms. The molecule has 0 radical (unpaired) electrons. The third kappa shape index (κ3) is 2.86. The van der Waals surface area contributed by atoms with Gasteiger partial charge in [0.05, 0.1) is 0 Å². The Labute approximate surface area is 86.3 Å². The van der Waals surface area contributed by atoms with Crippen LogP contribution in [0.25, 0.3) is 0 Å². The normalized spacial score (nSPS) is 13.9. The molecule has 0 aromatic carbocycles. The van der Waals surface area contributed by atoms with Crippen molar-refractivity contribution in [3.8, 4) is 0 Å². The Balaban J connectivity index is 2.51. The van der Waals surface area contributed by atoms with Gasteiger partial charge in [0.25, 0.3) is 0 Å². The molecule has 0 aliphatic rings. The van der Waals surface area contributed by atoms with Gasteiger partial charge in [-0.1, -0.05) is 13.8 Å². The number of aromatic amines is 1. The SMILES string of the molecule is CC(C)C(CN)N(C)Cc1ccc[nH]1. The molecule has 1 aromatic rings. The maximum Gasteiger partial charge on any atom is 0.0385 e. The van der Waals surface area contributed by atoms with Crippen LogP contribution in [0, 0.1) is 5.92 Å². The van der Waals surface area contributed by atoms with Crippen LogP contribution in [0.2, 0.25) is 0 Å². The molecule has 1 rings (SSSR count). The van der Waals surface area contributed by atoms with E-state index >= 15 is 0 Å². The summed E-state index contributed by atoms with van der Waals surface area (Å²) in [6, 6.07) is 4.58. The quantitative estimate of drug-likeness (QED) is 0.746. The molecule has 3 N–H and O–H groups in total. The lowest BCUT2D eigenvalue weighted by molar-refractivity contribution is 0.188. The Morgan fingerprint density at radius 3 is 2.64 bits per heavy atom. The zero-order chi connectivity index (χ0) is 10.6. The van der Waals surface area contributed by atoms with Crippen molar-refractivity contribution in [1.82, 2.24) is 9.88 Å². The maximum atomic E-state index is 5.75. The minimum absolute atomic E-state index is 0.457. The van der Waals surface area contributed by atoms with Crippen molar-refractivity contribution in [3.05, 3.63) is 24.0 Å². The first-order chi connectivity index (χ1) is 6.65. The van der Waals surface area contributed by atoms with Crippen molar-refractivity contribution in [2.24, 2.45) is 11.7 Å². The Hall–Kier alpha value is -0.800. The molecule has 80 valence electrons. The van der Waals surface area contributed by atoms with E-state index < -0.39 is 0 Å². The van der Waals surface area contributed by atoms with Crippen LogP contribution in [-0.2, 0) is 6.54 Å². The summed E-state index contributed by atoms with van der Waals surface area (Å²) in [7, 11) is 2.12. The summed E-state index contributed by atoms with van der Waals surface area (Å²) in [5.74, 6) is 0.597. The highest BCUT2D eigenvalue weighted by Gasteiger charge is 2.16. The van der Waals surface area contributed by atoms with Gasteiger partial charge in [-0.25, -0.2) is 0 Å². The van der Waals surface area contributed by atoms with Crippen LogP contribution in [0.4, 0.5) is 0 Å². The summed E-state index contributed by atoms with van der Waals surface area (Å²) in [5.41, 5.74) is 6.99. The van der Waals surface area contributed by atoms with Crippen molar-refractivity contribution < 1.29 is 0 Å². The van der Waals surface area contributed by atoms with Crippen molar-refractivity contribution in [2.45, 2.75) is 26.4 Å². The molecule has 0 saturated carbocycles. The number of hydrogen-bond acceptors (Lipinski definition) is 2. The van der Waals surface area contributed by atoms with Crippen LogP contribution in [0.5, 0.6) is 0 Å². The van der Waals surface area contributed by atoms with Gasteiger partial charge in [-0.15, -0.1) is 0 Å². The summed E-state index contributed by atoms with van der Waals surface area (Å²) in [6.45, 7) is 6.08. The second-order valence-electron chi connectivity index (χ2n) is 4.16. The van der Waals surface area contributed by atoms with E-state index in [1.54, 1.807) is 0 Å². The Morgan fingerprint density at radius 1 is 1.50 bits per heavy atom. The van der Waals surface area contributed by atoms with Crippen LogP contribution in [0.15, 0.2) is 18.3 Å². The van der Waals surface area contributed by atoms with Crippen LogP contribution in [0.3, 0.4) is 0 Å². The third-order valence-corrected chi connectivity index (χ3v) is 2.66. The van der Waals surface area contributed by atoms with Gasteiger partial charge in [-0.05, 0) is 25.1 Å². The third-order valence-electron chi connectivity index (χ3n) is 2.66. The molecule has 0 spiro atoms. The molecule has 0 bridgehead atoms.